The molecule has 76 valence electrons. The molecule has 1 fully saturated rings. The van der Waals surface area contributed by atoms with Crippen molar-refractivity contribution < 1.29 is 0 Å². The van der Waals surface area contributed by atoms with Gasteiger partial charge in [-0.2, -0.15) is 0 Å². The first-order chi connectivity index (χ1) is 6.92. The van der Waals surface area contributed by atoms with E-state index < -0.39 is 0 Å². The van der Waals surface area contributed by atoms with Gasteiger partial charge in [-0.25, -0.2) is 0 Å². The molecule has 14 heavy (non-hydrogen) atoms. The fourth-order valence-electron chi connectivity index (χ4n) is 2.18. The highest BCUT2D eigenvalue weighted by molar-refractivity contribution is 5.18. The van der Waals surface area contributed by atoms with Crippen molar-refractivity contribution in [2.24, 2.45) is 5.92 Å². The molecular formula is C12H18N2. The smallest absolute Gasteiger partial charge is 0.0302 e. The normalized spacial score (nSPS) is 25.8. The Morgan fingerprint density at radius 2 is 2.43 bits per heavy atom. The standard InChI is InChI=1S/C12H18N2/c1-2-13-8-11-5-6-12(11)10-4-3-7-14-9-10/h3-4,7,9,11-13H,2,5-6,8H2,1H3. The van der Waals surface area contributed by atoms with Crippen LogP contribution in [0.15, 0.2) is 24.5 Å². The molecule has 1 aromatic rings. The molecule has 0 aliphatic heterocycles. The van der Waals surface area contributed by atoms with Gasteiger partial charge in [-0.1, -0.05) is 13.0 Å². The summed E-state index contributed by atoms with van der Waals surface area (Å²) in [5.41, 5.74) is 1.42. The SMILES string of the molecule is CCNCC1CCC1c1cccnc1. The van der Waals surface area contributed by atoms with Gasteiger partial charge in [-0.3, -0.25) is 4.98 Å². The highest BCUT2D eigenvalue weighted by atomic mass is 14.9. The van der Waals surface area contributed by atoms with E-state index in [0.717, 1.165) is 24.9 Å². The van der Waals surface area contributed by atoms with Crippen LogP contribution in [0.3, 0.4) is 0 Å². The maximum atomic E-state index is 4.18. The van der Waals surface area contributed by atoms with E-state index in [1.165, 1.54) is 18.4 Å². The van der Waals surface area contributed by atoms with Gasteiger partial charge < -0.3 is 5.32 Å². The third-order valence-corrected chi connectivity index (χ3v) is 3.19. The van der Waals surface area contributed by atoms with E-state index in [1.807, 2.05) is 18.5 Å². The Balaban J connectivity index is 1.93. The number of hydrogen-bond acceptors (Lipinski definition) is 2. The molecular weight excluding hydrogens is 172 g/mol. The molecule has 0 aromatic carbocycles. The summed E-state index contributed by atoms with van der Waals surface area (Å²) >= 11 is 0. The fourth-order valence-corrected chi connectivity index (χ4v) is 2.18. The molecule has 1 aromatic heterocycles. The van der Waals surface area contributed by atoms with Crippen LogP contribution in [0.25, 0.3) is 0 Å². The van der Waals surface area contributed by atoms with E-state index >= 15 is 0 Å². The summed E-state index contributed by atoms with van der Waals surface area (Å²) in [6.07, 6.45) is 6.57. The first-order valence-corrected chi connectivity index (χ1v) is 5.52. The molecule has 2 rings (SSSR count). The molecule has 1 saturated carbocycles. The number of aromatic nitrogens is 1. The van der Waals surface area contributed by atoms with Crippen molar-refractivity contribution in [3.05, 3.63) is 30.1 Å². The van der Waals surface area contributed by atoms with Crippen LogP contribution in [0.1, 0.15) is 31.2 Å². The minimum atomic E-state index is 0.753. The Labute approximate surface area is 85.7 Å². The largest absolute Gasteiger partial charge is 0.317 e. The quantitative estimate of drug-likeness (QED) is 0.787. The molecule has 1 aliphatic rings. The zero-order chi connectivity index (χ0) is 9.80. The summed E-state index contributed by atoms with van der Waals surface area (Å²) in [6, 6.07) is 4.24. The van der Waals surface area contributed by atoms with Gasteiger partial charge in [0.1, 0.15) is 0 Å². The van der Waals surface area contributed by atoms with Gasteiger partial charge in [-0.05, 0) is 49.4 Å². The average molecular weight is 190 g/mol. The Morgan fingerprint density at radius 3 is 3.00 bits per heavy atom. The van der Waals surface area contributed by atoms with E-state index in [-0.39, 0.29) is 0 Å². The van der Waals surface area contributed by atoms with Gasteiger partial charge >= 0.3 is 0 Å². The van der Waals surface area contributed by atoms with Gasteiger partial charge in [0, 0.05) is 12.4 Å². The van der Waals surface area contributed by atoms with Crippen molar-refractivity contribution in [1.29, 1.82) is 0 Å². The summed E-state index contributed by atoms with van der Waals surface area (Å²) in [5, 5.41) is 3.43. The lowest BCUT2D eigenvalue weighted by atomic mass is 9.70. The summed E-state index contributed by atoms with van der Waals surface area (Å²) in [5.74, 6) is 1.59. The highest BCUT2D eigenvalue weighted by Gasteiger charge is 2.31. The zero-order valence-electron chi connectivity index (χ0n) is 8.74. The van der Waals surface area contributed by atoms with Crippen molar-refractivity contribution in [2.45, 2.75) is 25.7 Å². The van der Waals surface area contributed by atoms with E-state index in [9.17, 15) is 0 Å². The Kier molecular flexibility index (Phi) is 3.14. The van der Waals surface area contributed by atoms with Crippen LogP contribution in [0.5, 0.6) is 0 Å². The molecule has 2 atom stereocenters. The second kappa shape index (κ2) is 4.56. The number of nitrogens with one attached hydrogen (secondary N) is 1. The van der Waals surface area contributed by atoms with Crippen molar-refractivity contribution in [3.63, 3.8) is 0 Å². The Morgan fingerprint density at radius 1 is 1.50 bits per heavy atom. The van der Waals surface area contributed by atoms with Gasteiger partial charge in [0.25, 0.3) is 0 Å². The second-order valence-corrected chi connectivity index (χ2v) is 4.04. The maximum Gasteiger partial charge on any atom is 0.0302 e. The first kappa shape index (κ1) is 9.66. The van der Waals surface area contributed by atoms with E-state index in [2.05, 4.69) is 23.3 Å². The Bertz CT molecular complexity index is 271. The molecule has 2 heteroatoms. The minimum Gasteiger partial charge on any atom is -0.317 e. The summed E-state index contributed by atoms with van der Waals surface area (Å²) in [4.78, 5) is 4.18. The van der Waals surface area contributed by atoms with E-state index in [0.29, 0.717) is 0 Å². The first-order valence-electron chi connectivity index (χ1n) is 5.52. The van der Waals surface area contributed by atoms with Crippen LogP contribution in [0.4, 0.5) is 0 Å². The van der Waals surface area contributed by atoms with Gasteiger partial charge in [0.15, 0.2) is 0 Å². The molecule has 0 saturated heterocycles. The highest BCUT2D eigenvalue weighted by Crippen LogP contribution is 2.41. The predicted octanol–water partition coefficient (Wildman–Crippen LogP) is 2.18. The van der Waals surface area contributed by atoms with Crippen molar-refractivity contribution in [1.82, 2.24) is 10.3 Å². The number of rotatable bonds is 4. The lowest BCUT2D eigenvalue weighted by Gasteiger charge is -2.37. The maximum absolute atomic E-state index is 4.18. The zero-order valence-corrected chi connectivity index (χ0v) is 8.74. The van der Waals surface area contributed by atoms with E-state index in [1.54, 1.807) is 0 Å². The third-order valence-electron chi connectivity index (χ3n) is 3.19. The lowest BCUT2D eigenvalue weighted by Crippen LogP contribution is -2.33. The average Bonchev–Trinajstić information content (AvgIpc) is 2.18. The number of nitrogens with zero attached hydrogens (tertiary/aromatic N) is 1. The molecule has 0 bridgehead atoms. The van der Waals surface area contributed by atoms with Crippen LogP contribution in [-0.4, -0.2) is 18.1 Å². The van der Waals surface area contributed by atoms with Crippen LogP contribution in [-0.2, 0) is 0 Å². The van der Waals surface area contributed by atoms with Crippen molar-refractivity contribution in [2.75, 3.05) is 13.1 Å². The van der Waals surface area contributed by atoms with Gasteiger partial charge in [0.05, 0.1) is 0 Å². The molecule has 2 nitrogen and oxygen atoms in total. The molecule has 1 aliphatic carbocycles. The molecule has 1 N–H and O–H groups in total. The summed E-state index contributed by atoms with van der Waals surface area (Å²) < 4.78 is 0. The monoisotopic (exact) mass is 190 g/mol. The summed E-state index contributed by atoms with van der Waals surface area (Å²) in [6.45, 7) is 4.41. The molecule has 0 radical (unpaired) electrons. The van der Waals surface area contributed by atoms with Crippen LogP contribution >= 0.6 is 0 Å². The second-order valence-electron chi connectivity index (χ2n) is 4.04. The number of pyridine rings is 1. The van der Waals surface area contributed by atoms with Gasteiger partial charge in [0.2, 0.25) is 0 Å². The molecule has 2 unspecified atom stereocenters. The minimum absolute atomic E-state index is 0.753. The Hall–Kier alpha value is -0.890. The van der Waals surface area contributed by atoms with Crippen LogP contribution < -0.4 is 5.32 Å². The van der Waals surface area contributed by atoms with Gasteiger partial charge in [-0.15, -0.1) is 0 Å². The van der Waals surface area contributed by atoms with Crippen LogP contribution in [0, 0.1) is 5.92 Å². The fraction of sp³-hybridized carbons (Fsp3) is 0.583. The van der Waals surface area contributed by atoms with Crippen LogP contribution in [0.2, 0.25) is 0 Å². The van der Waals surface area contributed by atoms with E-state index in [4.69, 9.17) is 0 Å². The third kappa shape index (κ3) is 1.95. The number of hydrogen-bond donors (Lipinski definition) is 1. The topological polar surface area (TPSA) is 24.9 Å². The predicted molar refractivity (Wildman–Crippen MR) is 58.2 cm³/mol. The lowest BCUT2D eigenvalue weighted by molar-refractivity contribution is 0.247. The molecule has 0 amide bonds. The summed E-state index contributed by atoms with van der Waals surface area (Å²) in [7, 11) is 0. The molecule has 0 spiro atoms. The van der Waals surface area contributed by atoms with Crippen molar-refractivity contribution in [3.8, 4) is 0 Å². The molecule has 1 heterocycles. The van der Waals surface area contributed by atoms with Crippen molar-refractivity contribution >= 4 is 0 Å².